The van der Waals surface area contributed by atoms with Crippen LogP contribution in [0.1, 0.15) is 22.8 Å². The molecule has 2 aromatic carbocycles. The molecule has 0 atom stereocenters. The summed E-state index contributed by atoms with van der Waals surface area (Å²) >= 11 is 0. The molecule has 0 spiro atoms. The minimum absolute atomic E-state index is 0.0353. The Morgan fingerprint density at radius 2 is 1.83 bits per heavy atom. The highest BCUT2D eigenvalue weighted by atomic mass is 19.1. The summed E-state index contributed by atoms with van der Waals surface area (Å²) in [5, 5.41) is 2.96. The number of methoxy groups -OCH3 is 1. The van der Waals surface area contributed by atoms with Crippen molar-refractivity contribution < 1.29 is 18.7 Å². The molecule has 1 fully saturated rings. The Morgan fingerprint density at radius 1 is 1.10 bits per heavy atom. The molecule has 7 heteroatoms. The molecule has 1 N–H and O–H groups in total. The van der Waals surface area contributed by atoms with E-state index in [-0.39, 0.29) is 23.9 Å². The predicted molar refractivity (Wildman–Crippen MR) is 110 cm³/mol. The molecule has 1 aliphatic rings. The largest absolute Gasteiger partial charge is 0.497 e. The molecular formula is C22H26FN3O3. The predicted octanol–water partition coefficient (Wildman–Crippen LogP) is 2.79. The Balaban J connectivity index is 1.52. The number of aryl methyl sites for hydroxylation is 1. The first-order valence-electron chi connectivity index (χ1n) is 9.74. The Morgan fingerprint density at radius 3 is 2.48 bits per heavy atom. The number of para-hydroxylation sites is 1. The fourth-order valence-electron chi connectivity index (χ4n) is 3.42. The average molecular weight is 399 g/mol. The first-order chi connectivity index (χ1) is 14.0. The minimum Gasteiger partial charge on any atom is -0.497 e. The standard InChI is InChI=1S/C22H26FN3O3/c1-3-16-6-4-5-7-20(16)24-21(27)15-25-10-12-26(13-11-25)22(28)18-9-8-17(29-2)14-19(18)23/h4-9,14H,3,10-13,15H2,1-2H3,(H,24,27). The highest BCUT2D eigenvalue weighted by Crippen LogP contribution is 2.19. The second-order valence-electron chi connectivity index (χ2n) is 6.97. The van der Waals surface area contributed by atoms with Gasteiger partial charge in [0.05, 0.1) is 19.2 Å². The van der Waals surface area contributed by atoms with E-state index in [1.165, 1.54) is 19.2 Å². The third-order valence-corrected chi connectivity index (χ3v) is 5.11. The van der Waals surface area contributed by atoms with Crippen LogP contribution in [0.3, 0.4) is 0 Å². The van der Waals surface area contributed by atoms with Crippen LogP contribution in [0.2, 0.25) is 0 Å². The molecule has 0 bridgehead atoms. The van der Waals surface area contributed by atoms with E-state index < -0.39 is 5.82 Å². The van der Waals surface area contributed by atoms with Gasteiger partial charge in [0.25, 0.3) is 5.91 Å². The number of nitrogens with one attached hydrogen (secondary N) is 1. The smallest absolute Gasteiger partial charge is 0.256 e. The van der Waals surface area contributed by atoms with Gasteiger partial charge in [0.2, 0.25) is 5.91 Å². The van der Waals surface area contributed by atoms with Crippen molar-refractivity contribution in [3.63, 3.8) is 0 Å². The quantitative estimate of drug-likeness (QED) is 0.812. The molecule has 3 rings (SSSR count). The summed E-state index contributed by atoms with van der Waals surface area (Å²) in [4.78, 5) is 28.6. The topological polar surface area (TPSA) is 61.9 Å². The minimum atomic E-state index is -0.592. The second kappa shape index (κ2) is 9.52. The molecule has 0 radical (unpaired) electrons. The van der Waals surface area contributed by atoms with Crippen molar-refractivity contribution in [1.29, 1.82) is 0 Å². The number of benzene rings is 2. The maximum absolute atomic E-state index is 14.2. The molecule has 2 aromatic rings. The van der Waals surface area contributed by atoms with E-state index in [9.17, 15) is 14.0 Å². The number of amides is 2. The van der Waals surface area contributed by atoms with Gasteiger partial charge in [-0.2, -0.15) is 0 Å². The van der Waals surface area contributed by atoms with Crippen molar-refractivity contribution in [3.8, 4) is 5.75 Å². The van der Waals surface area contributed by atoms with E-state index in [4.69, 9.17) is 4.74 Å². The maximum atomic E-state index is 14.2. The van der Waals surface area contributed by atoms with Gasteiger partial charge < -0.3 is 15.0 Å². The normalized spacial score (nSPS) is 14.5. The van der Waals surface area contributed by atoms with Gasteiger partial charge in [-0.25, -0.2) is 4.39 Å². The summed E-state index contributed by atoms with van der Waals surface area (Å²) in [6, 6.07) is 12.0. The Bertz CT molecular complexity index is 879. The second-order valence-corrected chi connectivity index (χ2v) is 6.97. The van der Waals surface area contributed by atoms with Crippen LogP contribution >= 0.6 is 0 Å². The molecular weight excluding hydrogens is 373 g/mol. The fraction of sp³-hybridized carbons (Fsp3) is 0.364. The maximum Gasteiger partial charge on any atom is 0.256 e. The zero-order valence-electron chi connectivity index (χ0n) is 16.8. The van der Waals surface area contributed by atoms with Gasteiger partial charge in [-0.15, -0.1) is 0 Å². The number of carbonyl (C=O) groups excluding carboxylic acids is 2. The monoisotopic (exact) mass is 399 g/mol. The van der Waals surface area contributed by atoms with Crippen LogP contribution in [-0.2, 0) is 11.2 Å². The Labute approximate surface area is 170 Å². The lowest BCUT2D eigenvalue weighted by molar-refractivity contribution is -0.117. The molecule has 0 aliphatic carbocycles. The third-order valence-electron chi connectivity index (χ3n) is 5.11. The summed E-state index contributed by atoms with van der Waals surface area (Å²) in [7, 11) is 1.45. The molecule has 29 heavy (non-hydrogen) atoms. The molecule has 154 valence electrons. The number of rotatable bonds is 6. The zero-order chi connectivity index (χ0) is 20.8. The molecule has 0 aromatic heterocycles. The summed E-state index contributed by atoms with van der Waals surface area (Å²) in [5.41, 5.74) is 1.97. The van der Waals surface area contributed by atoms with Crippen molar-refractivity contribution in [3.05, 3.63) is 59.4 Å². The first kappa shape index (κ1) is 20.8. The van der Waals surface area contributed by atoms with E-state index in [0.717, 1.165) is 17.7 Å². The van der Waals surface area contributed by atoms with Gasteiger partial charge in [-0.3, -0.25) is 14.5 Å². The summed E-state index contributed by atoms with van der Waals surface area (Å²) in [5.74, 6) is -0.636. The van der Waals surface area contributed by atoms with Crippen molar-refractivity contribution in [2.45, 2.75) is 13.3 Å². The van der Waals surface area contributed by atoms with Crippen molar-refractivity contribution in [2.75, 3.05) is 45.2 Å². The SMILES string of the molecule is CCc1ccccc1NC(=O)CN1CCN(C(=O)c2ccc(OC)cc2F)CC1. The number of piperazine rings is 1. The van der Waals surface area contributed by atoms with E-state index in [1.54, 1.807) is 11.0 Å². The number of carbonyl (C=O) groups is 2. The Kier molecular flexibility index (Phi) is 6.82. The zero-order valence-corrected chi connectivity index (χ0v) is 16.8. The van der Waals surface area contributed by atoms with Crippen LogP contribution in [0.15, 0.2) is 42.5 Å². The number of nitrogens with zero attached hydrogens (tertiary/aromatic N) is 2. The van der Waals surface area contributed by atoms with Gasteiger partial charge in [-0.05, 0) is 30.2 Å². The fourth-order valence-corrected chi connectivity index (χ4v) is 3.42. The van der Waals surface area contributed by atoms with Gasteiger partial charge in [0, 0.05) is 37.9 Å². The summed E-state index contributed by atoms with van der Waals surface area (Å²) in [6.07, 6.45) is 0.846. The van der Waals surface area contributed by atoms with E-state index >= 15 is 0 Å². The van der Waals surface area contributed by atoms with Gasteiger partial charge in [-0.1, -0.05) is 25.1 Å². The van der Waals surface area contributed by atoms with Gasteiger partial charge in [0.15, 0.2) is 0 Å². The van der Waals surface area contributed by atoms with Crippen LogP contribution in [-0.4, -0.2) is 61.4 Å². The van der Waals surface area contributed by atoms with Gasteiger partial charge >= 0.3 is 0 Å². The number of ether oxygens (including phenoxy) is 1. The third kappa shape index (κ3) is 5.12. The first-order valence-corrected chi connectivity index (χ1v) is 9.74. The summed E-state index contributed by atoms with van der Waals surface area (Å²) in [6.45, 7) is 4.33. The van der Waals surface area contributed by atoms with E-state index in [2.05, 4.69) is 5.32 Å². The Hall–Kier alpha value is -2.93. The van der Waals surface area contributed by atoms with Crippen molar-refractivity contribution >= 4 is 17.5 Å². The van der Waals surface area contributed by atoms with Crippen LogP contribution in [0.25, 0.3) is 0 Å². The molecule has 0 saturated carbocycles. The summed E-state index contributed by atoms with van der Waals surface area (Å²) < 4.78 is 19.1. The molecule has 1 aliphatic heterocycles. The highest BCUT2D eigenvalue weighted by Gasteiger charge is 2.25. The van der Waals surface area contributed by atoms with Crippen LogP contribution in [0.5, 0.6) is 5.75 Å². The highest BCUT2D eigenvalue weighted by molar-refractivity contribution is 5.95. The number of hydrogen-bond donors (Lipinski definition) is 1. The van der Waals surface area contributed by atoms with E-state index in [1.807, 2.05) is 36.1 Å². The molecule has 1 heterocycles. The van der Waals surface area contributed by atoms with Gasteiger partial charge in [0.1, 0.15) is 11.6 Å². The number of anilines is 1. The van der Waals surface area contributed by atoms with E-state index in [0.29, 0.717) is 31.9 Å². The lowest BCUT2D eigenvalue weighted by Crippen LogP contribution is -2.50. The lowest BCUT2D eigenvalue weighted by Gasteiger charge is -2.34. The van der Waals surface area contributed by atoms with Crippen molar-refractivity contribution in [2.24, 2.45) is 0 Å². The molecule has 2 amide bonds. The number of halogens is 1. The molecule has 0 unspecified atom stereocenters. The van der Waals surface area contributed by atoms with Crippen molar-refractivity contribution in [1.82, 2.24) is 9.80 Å². The van der Waals surface area contributed by atoms with Crippen LogP contribution in [0.4, 0.5) is 10.1 Å². The lowest BCUT2D eigenvalue weighted by atomic mass is 10.1. The molecule has 6 nitrogen and oxygen atoms in total. The molecule has 1 saturated heterocycles. The average Bonchev–Trinajstić information content (AvgIpc) is 2.74. The van der Waals surface area contributed by atoms with Crippen LogP contribution in [0, 0.1) is 5.82 Å². The van der Waals surface area contributed by atoms with Crippen LogP contribution < -0.4 is 10.1 Å². The number of hydrogen-bond acceptors (Lipinski definition) is 4.